The van der Waals surface area contributed by atoms with Gasteiger partial charge in [0.1, 0.15) is 6.20 Å². The summed E-state index contributed by atoms with van der Waals surface area (Å²) in [6, 6.07) is 0. The number of imidazole rings is 1. The lowest BCUT2D eigenvalue weighted by atomic mass is 10.6. The summed E-state index contributed by atoms with van der Waals surface area (Å²) in [5.41, 5.74) is 1.73. The van der Waals surface area contributed by atoms with E-state index >= 15 is 0 Å². The first-order valence-electron chi connectivity index (χ1n) is 3.00. The van der Waals surface area contributed by atoms with Gasteiger partial charge in [-0.15, -0.1) is 0 Å². The van der Waals surface area contributed by atoms with Crippen LogP contribution in [-0.2, 0) is 7.05 Å². The largest absolute Gasteiger partial charge is 0.338 e. The average molecular weight is 135 g/mol. The minimum absolute atomic E-state index is 0.762. The van der Waals surface area contributed by atoms with Gasteiger partial charge in [-0.05, 0) is 4.98 Å². The smallest absolute Gasteiger partial charge is 0.294 e. The van der Waals surface area contributed by atoms with Crippen molar-refractivity contribution in [3.05, 3.63) is 18.9 Å². The standard InChI is InChI=1S/C6H6N4/c1-10-2-5-6(9-4-10)8-3-7-5/h2-4H,1H3/p+1. The Labute approximate surface area is 57.6 Å². The molecule has 0 spiro atoms. The number of hydrogen-bond acceptors (Lipinski definition) is 2. The number of hydrogen-bond donors (Lipinski definition) is 1. The molecule has 0 unspecified atom stereocenters. The van der Waals surface area contributed by atoms with Crippen molar-refractivity contribution in [3.63, 3.8) is 0 Å². The summed E-state index contributed by atoms with van der Waals surface area (Å²) in [6.07, 6.45) is 5.30. The summed E-state index contributed by atoms with van der Waals surface area (Å²) in [7, 11) is 1.92. The second-order valence-corrected chi connectivity index (χ2v) is 2.18. The highest BCUT2D eigenvalue weighted by Gasteiger charge is 2.01. The van der Waals surface area contributed by atoms with Crippen molar-refractivity contribution in [1.29, 1.82) is 0 Å². The highest BCUT2D eigenvalue weighted by Crippen LogP contribution is 1.98. The van der Waals surface area contributed by atoms with Crippen molar-refractivity contribution in [2.24, 2.45) is 7.05 Å². The Balaban J connectivity index is 2.86. The summed E-state index contributed by atoms with van der Waals surface area (Å²) in [4.78, 5) is 11.0. The van der Waals surface area contributed by atoms with Crippen LogP contribution in [0.2, 0.25) is 0 Å². The minimum Gasteiger partial charge on any atom is -0.338 e. The van der Waals surface area contributed by atoms with Crippen LogP contribution in [0.1, 0.15) is 0 Å². The van der Waals surface area contributed by atoms with Crippen molar-refractivity contribution in [2.45, 2.75) is 0 Å². The van der Waals surface area contributed by atoms with E-state index in [1.54, 1.807) is 12.7 Å². The van der Waals surface area contributed by atoms with E-state index in [2.05, 4.69) is 15.0 Å². The summed E-state index contributed by atoms with van der Waals surface area (Å²) in [5.74, 6) is 0. The zero-order valence-electron chi connectivity index (χ0n) is 5.57. The zero-order valence-corrected chi connectivity index (χ0v) is 5.57. The molecule has 2 aromatic heterocycles. The van der Waals surface area contributed by atoms with Crippen LogP contribution < -0.4 is 4.57 Å². The first-order valence-corrected chi connectivity index (χ1v) is 3.00. The molecule has 0 bridgehead atoms. The molecule has 0 saturated heterocycles. The fraction of sp³-hybridized carbons (Fsp3) is 0.167. The summed E-state index contributed by atoms with van der Waals surface area (Å²) in [6.45, 7) is 0. The van der Waals surface area contributed by atoms with Gasteiger partial charge in [-0.1, -0.05) is 0 Å². The van der Waals surface area contributed by atoms with Crippen molar-refractivity contribution in [3.8, 4) is 0 Å². The maximum absolute atomic E-state index is 4.06. The number of aromatic amines is 1. The van der Waals surface area contributed by atoms with Crippen LogP contribution in [0.5, 0.6) is 0 Å². The lowest BCUT2D eigenvalue weighted by Crippen LogP contribution is -2.27. The van der Waals surface area contributed by atoms with E-state index in [0.717, 1.165) is 11.2 Å². The van der Waals surface area contributed by atoms with E-state index in [0.29, 0.717) is 0 Å². The molecule has 0 radical (unpaired) electrons. The predicted octanol–water partition coefficient (Wildman–Crippen LogP) is -0.218. The number of nitrogens with zero attached hydrogens (tertiary/aromatic N) is 3. The summed E-state index contributed by atoms with van der Waals surface area (Å²) < 4.78 is 1.88. The van der Waals surface area contributed by atoms with Gasteiger partial charge in [0.2, 0.25) is 0 Å². The Morgan fingerprint density at radius 2 is 2.40 bits per heavy atom. The van der Waals surface area contributed by atoms with Crippen molar-refractivity contribution in [2.75, 3.05) is 0 Å². The number of nitrogens with one attached hydrogen (secondary N) is 1. The van der Waals surface area contributed by atoms with E-state index < -0.39 is 0 Å². The molecule has 0 atom stereocenters. The lowest BCUT2D eigenvalue weighted by molar-refractivity contribution is -0.673. The third-order valence-electron chi connectivity index (χ3n) is 1.34. The molecule has 2 aromatic rings. The maximum atomic E-state index is 4.06. The Morgan fingerprint density at radius 1 is 1.50 bits per heavy atom. The van der Waals surface area contributed by atoms with E-state index in [-0.39, 0.29) is 0 Å². The number of rotatable bonds is 0. The fourth-order valence-electron chi connectivity index (χ4n) is 0.878. The molecule has 0 amide bonds. The molecule has 0 aromatic carbocycles. The van der Waals surface area contributed by atoms with E-state index in [9.17, 15) is 0 Å². The molecular formula is C6H7N4+. The first-order chi connectivity index (χ1) is 4.86. The molecule has 2 heterocycles. The molecule has 0 aliphatic rings. The molecule has 4 heteroatoms. The highest BCUT2D eigenvalue weighted by molar-refractivity contribution is 5.66. The Bertz CT molecular complexity index is 351. The number of aryl methyl sites for hydroxylation is 1. The lowest BCUT2D eigenvalue weighted by Gasteiger charge is -1.83. The topological polar surface area (TPSA) is 45.5 Å². The molecule has 10 heavy (non-hydrogen) atoms. The van der Waals surface area contributed by atoms with Crippen molar-refractivity contribution in [1.82, 2.24) is 15.0 Å². The molecule has 0 saturated carbocycles. The van der Waals surface area contributed by atoms with Gasteiger partial charge in [0.15, 0.2) is 5.52 Å². The number of H-pyrrole nitrogens is 1. The molecule has 50 valence electrons. The highest BCUT2D eigenvalue weighted by atomic mass is 15.0. The normalized spacial score (nSPS) is 10.5. The molecule has 0 fully saturated rings. The Morgan fingerprint density at radius 3 is 3.30 bits per heavy atom. The van der Waals surface area contributed by atoms with Crippen LogP contribution in [-0.4, -0.2) is 15.0 Å². The van der Waals surface area contributed by atoms with Gasteiger partial charge in [0, 0.05) is 0 Å². The maximum Gasteiger partial charge on any atom is 0.294 e. The summed E-state index contributed by atoms with van der Waals surface area (Å²) in [5, 5.41) is 0. The van der Waals surface area contributed by atoms with Gasteiger partial charge in [-0.25, -0.2) is 4.57 Å². The average Bonchev–Trinajstić information content (AvgIpc) is 2.33. The van der Waals surface area contributed by atoms with E-state index in [1.165, 1.54) is 0 Å². The van der Waals surface area contributed by atoms with Crippen molar-refractivity contribution < 1.29 is 4.57 Å². The van der Waals surface area contributed by atoms with Gasteiger partial charge in [-0.3, -0.25) is 0 Å². The molecule has 0 aliphatic carbocycles. The predicted molar refractivity (Wildman–Crippen MR) is 35.1 cm³/mol. The van der Waals surface area contributed by atoms with Gasteiger partial charge < -0.3 is 4.98 Å². The quantitative estimate of drug-likeness (QED) is 0.508. The SMILES string of the molecule is C[n+]1cnc2nc[nH]c2c1. The zero-order chi connectivity index (χ0) is 6.97. The Hall–Kier alpha value is -1.45. The van der Waals surface area contributed by atoms with E-state index in [4.69, 9.17) is 0 Å². The third kappa shape index (κ3) is 0.655. The third-order valence-corrected chi connectivity index (χ3v) is 1.34. The second-order valence-electron chi connectivity index (χ2n) is 2.18. The molecule has 1 N–H and O–H groups in total. The first kappa shape index (κ1) is 5.34. The van der Waals surface area contributed by atoms with Crippen LogP contribution in [0.25, 0.3) is 11.2 Å². The van der Waals surface area contributed by atoms with Crippen LogP contribution >= 0.6 is 0 Å². The molecule has 2 rings (SSSR count). The van der Waals surface area contributed by atoms with E-state index in [1.807, 2.05) is 17.8 Å². The van der Waals surface area contributed by atoms with Gasteiger partial charge in [-0.2, -0.15) is 4.98 Å². The molecule has 0 aliphatic heterocycles. The van der Waals surface area contributed by atoms with Crippen LogP contribution in [0.3, 0.4) is 0 Å². The van der Waals surface area contributed by atoms with Crippen LogP contribution in [0.4, 0.5) is 0 Å². The van der Waals surface area contributed by atoms with Gasteiger partial charge in [0.05, 0.1) is 13.4 Å². The van der Waals surface area contributed by atoms with Crippen LogP contribution in [0.15, 0.2) is 18.9 Å². The molecule has 4 nitrogen and oxygen atoms in total. The minimum atomic E-state index is 0.762. The van der Waals surface area contributed by atoms with Gasteiger partial charge in [0.25, 0.3) is 12.0 Å². The monoisotopic (exact) mass is 135 g/mol. The molecular weight excluding hydrogens is 128 g/mol. The van der Waals surface area contributed by atoms with Crippen LogP contribution in [0, 0.1) is 0 Å². The van der Waals surface area contributed by atoms with Gasteiger partial charge >= 0.3 is 0 Å². The fourth-order valence-corrected chi connectivity index (χ4v) is 0.878. The number of fused-ring (bicyclic) bond motifs is 1. The van der Waals surface area contributed by atoms with Crippen molar-refractivity contribution >= 4 is 11.2 Å². The number of aromatic nitrogens is 4. The summed E-state index contributed by atoms with van der Waals surface area (Å²) >= 11 is 0. The Kier molecular flexibility index (Phi) is 0.943. The second kappa shape index (κ2) is 1.76.